The topological polar surface area (TPSA) is 17.1 Å². The summed E-state index contributed by atoms with van der Waals surface area (Å²) in [4.78, 5) is 11.2. The van der Waals surface area contributed by atoms with Crippen LogP contribution < -0.4 is 0 Å². The van der Waals surface area contributed by atoms with Gasteiger partial charge in [0.25, 0.3) is 0 Å². The van der Waals surface area contributed by atoms with Gasteiger partial charge in [0.15, 0.2) is 0 Å². The average molecular weight is 141 g/mol. The van der Waals surface area contributed by atoms with Crippen molar-refractivity contribution >= 4 is 5.78 Å². The molecule has 0 spiro atoms. The molecule has 10 heavy (non-hydrogen) atoms. The Hall–Kier alpha value is -0.330. The highest BCUT2D eigenvalue weighted by molar-refractivity contribution is 5.85. The lowest BCUT2D eigenvalue weighted by Crippen LogP contribution is -2.25. The third-order valence-electron chi connectivity index (χ3n) is 2.27. The van der Waals surface area contributed by atoms with E-state index < -0.39 is 0 Å². The van der Waals surface area contributed by atoms with Crippen LogP contribution in [0.3, 0.4) is 0 Å². The van der Waals surface area contributed by atoms with E-state index in [-0.39, 0.29) is 11.2 Å². The van der Waals surface area contributed by atoms with Crippen LogP contribution in [0, 0.1) is 12.3 Å². The molecule has 0 aliphatic rings. The molecule has 0 aromatic carbocycles. The van der Waals surface area contributed by atoms with Crippen LogP contribution >= 0.6 is 0 Å². The van der Waals surface area contributed by atoms with Crippen LogP contribution in [0.4, 0.5) is 0 Å². The van der Waals surface area contributed by atoms with Crippen molar-refractivity contribution in [2.24, 2.45) is 5.41 Å². The van der Waals surface area contributed by atoms with Crippen LogP contribution in [0.15, 0.2) is 0 Å². The highest BCUT2D eigenvalue weighted by Crippen LogP contribution is 2.26. The van der Waals surface area contributed by atoms with Gasteiger partial charge in [-0.25, -0.2) is 0 Å². The van der Waals surface area contributed by atoms with E-state index in [2.05, 4.69) is 6.92 Å². The molecule has 1 nitrogen and oxygen atoms in total. The van der Waals surface area contributed by atoms with E-state index in [0.29, 0.717) is 6.42 Å². The molecule has 0 unspecified atom stereocenters. The van der Waals surface area contributed by atoms with Crippen molar-refractivity contribution < 1.29 is 4.79 Å². The molecule has 1 radical (unpaired) electrons. The smallest absolute Gasteiger partial charge is 0.138 e. The van der Waals surface area contributed by atoms with Gasteiger partial charge in [-0.3, -0.25) is 4.79 Å². The van der Waals surface area contributed by atoms with Gasteiger partial charge >= 0.3 is 0 Å². The van der Waals surface area contributed by atoms with Gasteiger partial charge in [0.1, 0.15) is 5.78 Å². The first-order valence-electron chi connectivity index (χ1n) is 3.99. The van der Waals surface area contributed by atoms with Gasteiger partial charge in [-0.15, -0.1) is 0 Å². The summed E-state index contributed by atoms with van der Waals surface area (Å²) in [5, 5.41) is 0. The van der Waals surface area contributed by atoms with Gasteiger partial charge in [0, 0.05) is 11.8 Å². The second-order valence-corrected chi connectivity index (χ2v) is 2.76. The quantitative estimate of drug-likeness (QED) is 0.588. The highest BCUT2D eigenvalue weighted by Gasteiger charge is 2.26. The molecule has 0 bridgehead atoms. The van der Waals surface area contributed by atoms with Crippen LogP contribution in [0.2, 0.25) is 0 Å². The molecule has 0 aliphatic heterocycles. The minimum absolute atomic E-state index is 0.289. The standard InChI is InChI=1S/C9H17O/c1-5-8(10)9(4,6-2)7-3/h4-7H2,1-3H3. The molecule has 0 aromatic rings. The van der Waals surface area contributed by atoms with Crippen molar-refractivity contribution in [3.05, 3.63) is 6.92 Å². The molecule has 1 heteroatoms. The monoisotopic (exact) mass is 141 g/mol. The van der Waals surface area contributed by atoms with E-state index in [0.717, 1.165) is 12.8 Å². The predicted octanol–water partition coefficient (Wildman–Crippen LogP) is 2.61. The van der Waals surface area contributed by atoms with Crippen molar-refractivity contribution in [3.63, 3.8) is 0 Å². The summed E-state index contributed by atoms with van der Waals surface area (Å²) in [5.74, 6) is 0.289. The van der Waals surface area contributed by atoms with Crippen molar-refractivity contribution in [1.82, 2.24) is 0 Å². The molecule has 0 rings (SSSR count). The van der Waals surface area contributed by atoms with Crippen LogP contribution in [0.5, 0.6) is 0 Å². The maximum Gasteiger partial charge on any atom is 0.138 e. The maximum atomic E-state index is 11.2. The minimum atomic E-state index is -0.297. The predicted molar refractivity (Wildman–Crippen MR) is 43.7 cm³/mol. The van der Waals surface area contributed by atoms with Crippen LogP contribution in [-0.2, 0) is 4.79 Å². The molecular formula is C9H17O. The summed E-state index contributed by atoms with van der Waals surface area (Å²) in [6.07, 6.45) is 2.33. The van der Waals surface area contributed by atoms with Crippen LogP contribution in [-0.4, -0.2) is 5.78 Å². The summed E-state index contributed by atoms with van der Waals surface area (Å²) < 4.78 is 0. The van der Waals surface area contributed by atoms with Gasteiger partial charge in [0.2, 0.25) is 0 Å². The fraction of sp³-hybridized carbons (Fsp3) is 0.778. The van der Waals surface area contributed by atoms with Gasteiger partial charge in [-0.2, -0.15) is 0 Å². The van der Waals surface area contributed by atoms with Crippen molar-refractivity contribution in [2.45, 2.75) is 40.0 Å². The molecule has 0 aromatic heterocycles. The second kappa shape index (κ2) is 3.75. The van der Waals surface area contributed by atoms with Gasteiger partial charge in [-0.05, 0) is 19.8 Å². The van der Waals surface area contributed by atoms with Crippen molar-refractivity contribution in [1.29, 1.82) is 0 Å². The summed E-state index contributed by atoms with van der Waals surface area (Å²) in [5.41, 5.74) is -0.297. The highest BCUT2D eigenvalue weighted by atomic mass is 16.1. The Kier molecular flexibility index (Phi) is 3.62. The number of carbonyl (C=O) groups excluding carboxylic acids is 1. The number of hydrogen-bond acceptors (Lipinski definition) is 1. The maximum absolute atomic E-state index is 11.2. The van der Waals surface area contributed by atoms with E-state index in [4.69, 9.17) is 0 Å². The number of ketones is 1. The minimum Gasteiger partial charge on any atom is -0.299 e. The zero-order chi connectivity index (χ0) is 8.20. The lowest BCUT2D eigenvalue weighted by Gasteiger charge is -2.23. The van der Waals surface area contributed by atoms with E-state index in [1.807, 2.05) is 20.8 Å². The number of hydrogen-bond donors (Lipinski definition) is 0. The third-order valence-corrected chi connectivity index (χ3v) is 2.27. The first kappa shape index (κ1) is 9.67. The fourth-order valence-electron chi connectivity index (χ4n) is 1.02. The summed E-state index contributed by atoms with van der Waals surface area (Å²) in [7, 11) is 0. The SMILES string of the molecule is [CH2]C(CC)(CC)C(=O)CC. The first-order chi connectivity index (χ1) is 4.60. The first-order valence-corrected chi connectivity index (χ1v) is 3.99. The molecular weight excluding hydrogens is 124 g/mol. The lowest BCUT2D eigenvalue weighted by atomic mass is 9.79. The zero-order valence-corrected chi connectivity index (χ0v) is 7.24. The normalized spacial score (nSPS) is 11.6. The Morgan fingerprint density at radius 1 is 1.30 bits per heavy atom. The van der Waals surface area contributed by atoms with Gasteiger partial charge in [-0.1, -0.05) is 20.8 Å². The molecule has 0 amide bonds. The number of rotatable bonds is 4. The Morgan fingerprint density at radius 3 is 1.80 bits per heavy atom. The van der Waals surface area contributed by atoms with E-state index >= 15 is 0 Å². The molecule has 59 valence electrons. The Labute approximate surface area is 63.8 Å². The van der Waals surface area contributed by atoms with Gasteiger partial charge < -0.3 is 0 Å². The lowest BCUT2D eigenvalue weighted by molar-refractivity contribution is -0.126. The molecule has 0 atom stereocenters. The molecule has 0 saturated heterocycles. The molecule has 0 heterocycles. The Morgan fingerprint density at radius 2 is 1.70 bits per heavy atom. The third kappa shape index (κ3) is 1.83. The van der Waals surface area contributed by atoms with E-state index in [9.17, 15) is 4.79 Å². The largest absolute Gasteiger partial charge is 0.299 e. The molecule has 0 aliphatic carbocycles. The van der Waals surface area contributed by atoms with Crippen LogP contribution in [0.1, 0.15) is 40.0 Å². The number of Topliss-reactive ketones (excluding diaryl/α,β-unsaturated/α-hetero) is 1. The molecule has 0 saturated carbocycles. The molecule has 0 fully saturated rings. The number of carbonyl (C=O) groups is 1. The fourth-order valence-corrected chi connectivity index (χ4v) is 1.02. The Balaban J connectivity index is 4.17. The summed E-state index contributed by atoms with van der Waals surface area (Å²) >= 11 is 0. The van der Waals surface area contributed by atoms with Gasteiger partial charge in [0.05, 0.1) is 0 Å². The summed E-state index contributed by atoms with van der Waals surface area (Å²) in [6, 6.07) is 0. The van der Waals surface area contributed by atoms with Crippen molar-refractivity contribution in [3.8, 4) is 0 Å². The summed E-state index contributed by atoms with van der Waals surface area (Å²) in [6.45, 7) is 9.86. The zero-order valence-electron chi connectivity index (χ0n) is 7.24. The second-order valence-electron chi connectivity index (χ2n) is 2.76. The Bertz CT molecular complexity index is 112. The van der Waals surface area contributed by atoms with E-state index in [1.54, 1.807) is 0 Å². The van der Waals surface area contributed by atoms with E-state index in [1.165, 1.54) is 0 Å². The average Bonchev–Trinajstić information content (AvgIpc) is 2.01. The molecule has 0 N–H and O–H groups in total. The van der Waals surface area contributed by atoms with Crippen molar-refractivity contribution in [2.75, 3.05) is 0 Å². The van der Waals surface area contributed by atoms with Crippen LogP contribution in [0.25, 0.3) is 0 Å².